The van der Waals surface area contributed by atoms with Gasteiger partial charge in [0.25, 0.3) is 0 Å². The number of carbonyl (C=O) groups excluding carboxylic acids is 2. The van der Waals surface area contributed by atoms with Gasteiger partial charge in [-0.3, -0.25) is 4.79 Å². The normalized spacial score (nSPS) is 11.2. The monoisotopic (exact) mass is 323 g/mol. The van der Waals surface area contributed by atoms with Gasteiger partial charge in [-0.1, -0.05) is 0 Å². The van der Waals surface area contributed by atoms with Gasteiger partial charge in [0.05, 0.1) is 11.7 Å². The lowest BCUT2D eigenvalue weighted by atomic mass is 10.1. The molecule has 10 heteroatoms. The predicted molar refractivity (Wildman–Crippen MR) is 74.8 cm³/mol. The van der Waals surface area contributed by atoms with Crippen molar-refractivity contribution >= 4 is 27.9 Å². The van der Waals surface area contributed by atoms with Gasteiger partial charge in [0.15, 0.2) is 0 Å². The zero-order valence-corrected chi connectivity index (χ0v) is 12.1. The summed E-state index contributed by atoms with van der Waals surface area (Å²) in [6.07, 6.45) is 2.30. The SMILES string of the molecule is CC(=O)Nc1ccc(-c2ccn(S(N)(=O)=O)c2C(=O)[O-])cn1. The van der Waals surface area contributed by atoms with E-state index in [1.807, 2.05) is 0 Å². The Hall–Kier alpha value is -2.72. The van der Waals surface area contributed by atoms with Gasteiger partial charge < -0.3 is 15.2 Å². The van der Waals surface area contributed by atoms with Crippen LogP contribution in [-0.4, -0.2) is 29.3 Å². The highest BCUT2D eigenvalue weighted by atomic mass is 32.2. The van der Waals surface area contributed by atoms with Gasteiger partial charge in [0, 0.05) is 30.4 Å². The first-order chi connectivity index (χ1) is 10.2. The van der Waals surface area contributed by atoms with Crippen LogP contribution in [0.2, 0.25) is 0 Å². The molecule has 2 rings (SSSR count). The predicted octanol–water partition coefficient (Wildman–Crippen LogP) is -1.08. The van der Waals surface area contributed by atoms with Crippen molar-refractivity contribution in [1.29, 1.82) is 0 Å². The van der Waals surface area contributed by atoms with E-state index in [0.29, 0.717) is 9.54 Å². The third-order valence-electron chi connectivity index (χ3n) is 2.70. The number of nitrogens with zero attached hydrogens (tertiary/aromatic N) is 2. The van der Waals surface area contributed by atoms with Crippen LogP contribution in [0.1, 0.15) is 17.4 Å². The van der Waals surface area contributed by atoms with Gasteiger partial charge >= 0.3 is 10.2 Å². The van der Waals surface area contributed by atoms with Crippen molar-refractivity contribution in [3.63, 3.8) is 0 Å². The Labute approximate surface area is 125 Å². The lowest BCUT2D eigenvalue weighted by molar-refractivity contribution is -0.255. The molecule has 0 unspecified atom stereocenters. The first kappa shape index (κ1) is 15.7. The second kappa shape index (κ2) is 5.58. The standard InChI is InChI=1S/C12H12N4O5S/c1-7(17)15-10-3-2-8(6-14-10)9-4-5-16(22(13,20)21)11(9)12(18)19/h2-6H,1H3,(H,18,19)(H2,13,20,21)(H,14,15,17)/p-1. The van der Waals surface area contributed by atoms with Crippen molar-refractivity contribution in [1.82, 2.24) is 8.96 Å². The number of hydrogen-bond acceptors (Lipinski definition) is 6. The number of pyridine rings is 1. The highest BCUT2D eigenvalue weighted by Crippen LogP contribution is 2.25. The number of carbonyl (C=O) groups is 2. The lowest BCUT2D eigenvalue weighted by Crippen LogP contribution is -2.31. The molecule has 2 aromatic heterocycles. The average Bonchev–Trinajstić information content (AvgIpc) is 2.83. The van der Waals surface area contributed by atoms with Crippen LogP contribution in [0.3, 0.4) is 0 Å². The van der Waals surface area contributed by atoms with E-state index >= 15 is 0 Å². The minimum atomic E-state index is -4.27. The molecule has 0 aromatic carbocycles. The van der Waals surface area contributed by atoms with Crippen LogP contribution in [0.25, 0.3) is 11.1 Å². The van der Waals surface area contributed by atoms with Crippen LogP contribution < -0.4 is 15.6 Å². The molecule has 0 bridgehead atoms. The molecule has 0 aliphatic heterocycles. The number of rotatable bonds is 4. The van der Waals surface area contributed by atoms with Gasteiger partial charge in [0.1, 0.15) is 5.82 Å². The number of carboxylic acid groups (broad SMARTS) is 1. The summed E-state index contributed by atoms with van der Waals surface area (Å²) in [5.74, 6) is -1.73. The number of carboxylic acids is 1. The Morgan fingerprint density at radius 1 is 1.32 bits per heavy atom. The zero-order chi connectivity index (χ0) is 16.5. The first-order valence-electron chi connectivity index (χ1n) is 5.90. The smallest absolute Gasteiger partial charge is 0.302 e. The van der Waals surface area contributed by atoms with Crippen LogP contribution in [0.4, 0.5) is 5.82 Å². The average molecular weight is 323 g/mol. The summed E-state index contributed by atoms with van der Waals surface area (Å²) in [5.41, 5.74) is -0.192. The Balaban J connectivity index is 2.51. The van der Waals surface area contributed by atoms with Crippen LogP contribution >= 0.6 is 0 Å². The molecular weight excluding hydrogens is 312 g/mol. The van der Waals surface area contributed by atoms with E-state index in [1.54, 1.807) is 0 Å². The van der Waals surface area contributed by atoms with Gasteiger partial charge in [-0.05, 0) is 18.2 Å². The summed E-state index contributed by atoms with van der Waals surface area (Å²) < 4.78 is 23.1. The van der Waals surface area contributed by atoms with Crippen LogP contribution in [0, 0.1) is 0 Å². The number of anilines is 1. The summed E-state index contributed by atoms with van der Waals surface area (Å²) in [7, 11) is -4.27. The van der Waals surface area contributed by atoms with E-state index < -0.39 is 21.9 Å². The van der Waals surface area contributed by atoms with Crippen LogP contribution in [0.5, 0.6) is 0 Å². The van der Waals surface area contributed by atoms with E-state index in [1.165, 1.54) is 31.3 Å². The molecule has 0 fully saturated rings. The Bertz CT molecular complexity index is 839. The maximum atomic E-state index is 11.4. The van der Waals surface area contributed by atoms with Crippen molar-refractivity contribution in [2.24, 2.45) is 5.14 Å². The van der Waals surface area contributed by atoms with Crippen molar-refractivity contribution in [3.05, 3.63) is 36.3 Å². The molecular formula is C12H11N4O5S-. The second-order valence-electron chi connectivity index (χ2n) is 4.32. The highest BCUT2D eigenvalue weighted by molar-refractivity contribution is 7.87. The summed E-state index contributed by atoms with van der Waals surface area (Å²) >= 11 is 0. The van der Waals surface area contributed by atoms with E-state index in [4.69, 9.17) is 5.14 Å². The highest BCUT2D eigenvalue weighted by Gasteiger charge is 2.18. The fraction of sp³-hybridized carbons (Fsp3) is 0.0833. The molecule has 0 atom stereocenters. The maximum Gasteiger partial charge on any atom is 0.302 e. The Morgan fingerprint density at radius 2 is 2.00 bits per heavy atom. The third kappa shape index (κ3) is 3.13. The quantitative estimate of drug-likeness (QED) is 0.731. The summed E-state index contributed by atoms with van der Waals surface area (Å²) in [6, 6.07) is 4.20. The molecule has 0 aliphatic carbocycles. The van der Waals surface area contributed by atoms with Crippen LogP contribution in [0.15, 0.2) is 30.6 Å². The maximum absolute atomic E-state index is 11.4. The fourth-order valence-electron chi connectivity index (χ4n) is 1.87. The minimum absolute atomic E-state index is 0.0795. The molecule has 0 aliphatic rings. The van der Waals surface area contributed by atoms with Gasteiger partial charge in [0.2, 0.25) is 5.91 Å². The van der Waals surface area contributed by atoms with Crippen molar-refractivity contribution < 1.29 is 23.1 Å². The van der Waals surface area contributed by atoms with Crippen LogP contribution in [-0.2, 0) is 15.0 Å². The Kier molecular flexibility index (Phi) is 3.97. The molecule has 3 N–H and O–H groups in total. The topological polar surface area (TPSA) is 147 Å². The largest absolute Gasteiger partial charge is 0.543 e. The zero-order valence-electron chi connectivity index (χ0n) is 11.3. The molecule has 0 spiro atoms. The minimum Gasteiger partial charge on any atom is -0.543 e. The fourth-order valence-corrected chi connectivity index (χ4v) is 2.52. The summed E-state index contributed by atoms with van der Waals surface area (Å²) in [5, 5.41) is 18.6. The number of hydrogen-bond donors (Lipinski definition) is 2. The molecule has 22 heavy (non-hydrogen) atoms. The third-order valence-corrected chi connectivity index (χ3v) is 3.55. The lowest BCUT2D eigenvalue weighted by Gasteiger charge is -2.10. The summed E-state index contributed by atoms with van der Waals surface area (Å²) in [4.78, 5) is 26.0. The number of aromatic carboxylic acids is 1. The van der Waals surface area contributed by atoms with Crippen molar-refractivity contribution in [2.45, 2.75) is 6.92 Å². The number of nitrogens with one attached hydrogen (secondary N) is 1. The molecule has 0 saturated heterocycles. The van der Waals surface area contributed by atoms with Crippen molar-refractivity contribution in [2.75, 3.05) is 5.32 Å². The van der Waals surface area contributed by atoms with E-state index in [0.717, 1.165) is 6.20 Å². The molecule has 116 valence electrons. The van der Waals surface area contributed by atoms with Gasteiger partial charge in [-0.15, -0.1) is 0 Å². The first-order valence-corrected chi connectivity index (χ1v) is 7.40. The molecule has 9 nitrogen and oxygen atoms in total. The van der Waals surface area contributed by atoms with Crippen molar-refractivity contribution in [3.8, 4) is 11.1 Å². The molecule has 2 aromatic rings. The second-order valence-corrected chi connectivity index (χ2v) is 5.74. The number of nitrogens with two attached hydrogens (primary N) is 1. The van der Waals surface area contributed by atoms with E-state index in [-0.39, 0.29) is 17.3 Å². The van der Waals surface area contributed by atoms with Gasteiger partial charge in [-0.2, -0.15) is 8.42 Å². The molecule has 1 amide bonds. The van der Waals surface area contributed by atoms with E-state index in [2.05, 4.69) is 10.3 Å². The molecule has 0 radical (unpaired) electrons. The molecule has 2 heterocycles. The summed E-state index contributed by atoms with van der Waals surface area (Å²) in [6.45, 7) is 1.32. The molecule has 0 saturated carbocycles. The Morgan fingerprint density at radius 3 is 2.45 bits per heavy atom. The van der Waals surface area contributed by atoms with Gasteiger partial charge in [-0.25, -0.2) is 14.1 Å². The number of amides is 1. The number of aromatic nitrogens is 2. The van der Waals surface area contributed by atoms with E-state index in [9.17, 15) is 23.1 Å².